The molecule has 0 bridgehead atoms. The molecule has 0 atom stereocenters. The summed E-state index contributed by atoms with van der Waals surface area (Å²) in [5, 5.41) is 18.8. The van der Waals surface area contributed by atoms with Gasteiger partial charge in [-0.15, -0.1) is 5.10 Å². The molecule has 2 N–H and O–H groups in total. The molecule has 0 fully saturated rings. The highest BCUT2D eigenvalue weighted by Crippen LogP contribution is 2.29. The molecule has 0 aliphatic heterocycles. The van der Waals surface area contributed by atoms with Gasteiger partial charge in [-0.3, -0.25) is 9.59 Å². The number of rotatable bonds is 7. The van der Waals surface area contributed by atoms with E-state index in [-0.39, 0.29) is 19.0 Å². The van der Waals surface area contributed by atoms with Crippen molar-refractivity contribution in [3.05, 3.63) is 35.2 Å². The van der Waals surface area contributed by atoms with Gasteiger partial charge in [-0.05, 0) is 19.1 Å². The van der Waals surface area contributed by atoms with E-state index in [2.05, 4.69) is 15.6 Å². The Bertz CT molecular complexity index is 731. The summed E-state index contributed by atoms with van der Waals surface area (Å²) in [6.07, 6.45) is 1.46. The lowest BCUT2D eigenvalue weighted by Gasteiger charge is -2.12. The number of carboxylic acids is 1. The van der Waals surface area contributed by atoms with Gasteiger partial charge in [0, 0.05) is 11.1 Å². The van der Waals surface area contributed by atoms with Crippen molar-refractivity contribution in [3.63, 3.8) is 0 Å². The summed E-state index contributed by atoms with van der Waals surface area (Å²) in [6.45, 7) is 1.67. The van der Waals surface area contributed by atoms with Crippen LogP contribution < -0.4 is 14.8 Å². The van der Waals surface area contributed by atoms with Crippen LogP contribution in [0.5, 0.6) is 11.5 Å². The number of nitrogens with one attached hydrogen (secondary N) is 1. The number of methoxy groups -OCH3 is 2. The number of benzene rings is 1. The molecule has 0 saturated heterocycles. The Labute approximate surface area is 138 Å². The fraction of sp³-hybridized carbons (Fsp3) is 0.333. The van der Waals surface area contributed by atoms with E-state index in [1.54, 1.807) is 12.1 Å². The molecule has 1 aromatic carbocycles. The van der Waals surface area contributed by atoms with Crippen LogP contribution in [0.2, 0.25) is 0 Å². The molecule has 2 aromatic rings. The van der Waals surface area contributed by atoms with Gasteiger partial charge < -0.3 is 19.9 Å². The van der Waals surface area contributed by atoms with Gasteiger partial charge in [-0.1, -0.05) is 5.21 Å². The molecular formula is C15H18N4O5. The van der Waals surface area contributed by atoms with E-state index >= 15 is 0 Å². The van der Waals surface area contributed by atoms with E-state index in [0.29, 0.717) is 22.8 Å². The van der Waals surface area contributed by atoms with Crippen molar-refractivity contribution in [2.75, 3.05) is 14.2 Å². The molecule has 0 unspecified atom stereocenters. The summed E-state index contributed by atoms with van der Waals surface area (Å²) in [4.78, 5) is 22.9. The summed E-state index contributed by atoms with van der Waals surface area (Å²) in [7, 11) is 3.04. The highest BCUT2D eigenvalue weighted by Gasteiger charge is 2.14. The average Bonchev–Trinajstić information content (AvgIpc) is 2.99. The molecule has 128 valence electrons. The minimum Gasteiger partial charge on any atom is -0.496 e. The largest absolute Gasteiger partial charge is 0.496 e. The first-order chi connectivity index (χ1) is 11.4. The van der Waals surface area contributed by atoms with Gasteiger partial charge in [0.15, 0.2) is 0 Å². The van der Waals surface area contributed by atoms with Gasteiger partial charge in [0.2, 0.25) is 0 Å². The zero-order valence-electron chi connectivity index (χ0n) is 13.6. The number of amides is 1. The molecule has 1 aromatic heterocycles. The molecule has 0 aliphatic rings. The number of aliphatic carboxylic acids is 1. The predicted molar refractivity (Wildman–Crippen MR) is 83.1 cm³/mol. The Morgan fingerprint density at radius 2 is 1.88 bits per heavy atom. The first-order valence-corrected chi connectivity index (χ1v) is 7.06. The summed E-state index contributed by atoms with van der Waals surface area (Å²) in [5.41, 5.74) is 1.64. The summed E-state index contributed by atoms with van der Waals surface area (Å²) in [6, 6.07) is 3.24. The third-order valence-electron chi connectivity index (χ3n) is 3.33. The second kappa shape index (κ2) is 7.44. The van der Waals surface area contributed by atoms with E-state index in [1.807, 2.05) is 6.92 Å². The zero-order valence-corrected chi connectivity index (χ0v) is 13.6. The van der Waals surface area contributed by atoms with Crippen molar-refractivity contribution in [1.29, 1.82) is 0 Å². The second-order valence-corrected chi connectivity index (χ2v) is 4.99. The number of nitrogens with zero attached hydrogens (tertiary/aromatic N) is 3. The number of carboxylic acid groups (broad SMARTS) is 1. The Balaban J connectivity index is 2.07. The summed E-state index contributed by atoms with van der Waals surface area (Å²) < 4.78 is 11.7. The molecule has 1 amide bonds. The predicted octanol–water partition coefficient (Wildman–Crippen LogP) is 0.618. The van der Waals surface area contributed by atoms with Crippen LogP contribution >= 0.6 is 0 Å². The fourth-order valence-electron chi connectivity index (χ4n) is 2.13. The number of hydrogen-bond donors (Lipinski definition) is 2. The maximum absolute atomic E-state index is 12.3. The van der Waals surface area contributed by atoms with E-state index in [0.717, 1.165) is 5.56 Å². The lowest BCUT2D eigenvalue weighted by atomic mass is 10.1. The van der Waals surface area contributed by atoms with Crippen LogP contribution in [-0.4, -0.2) is 46.2 Å². The molecule has 0 aliphatic carbocycles. The molecule has 0 saturated carbocycles. The van der Waals surface area contributed by atoms with E-state index in [9.17, 15) is 9.59 Å². The third kappa shape index (κ3) is 4.00. The maximum Gasteiger partial charge on any atom is 0.325 e. The van der Waals surface area contributed by atoms with E-state index < -0.39 is 5.97 Å². The highest BCUT2D eigenvalue weighted by atomic mass is 16.5. The quantitative estimate of drug-likeness (QED) is 0.762. The van der Waals surface area contributed by atoms with Crippen molar-refractivity contribution in [2.24, 2.45) is 0 Å². The Kier molecular flexibility index (Phi) is 5.35. The molecule has 0 spiro atoms. The summed E-state index contributed by atoms with van der Waals surface area (Å²) in [5.74, 6) is -0.257. The van der Waals surface area contributed by atoms with Crippen molar-refractivity contribution in [2.45, 2.75) is 20.0 Å². The number of ether oxygens (including phenoxy) is 2. The van der Waals surface area contributed by atoms with E-state index in [1.165, 1.54) is 25.1 Å². The normalized spacial score (nSPS) is 10.3. The lowest BCUT2D eigenvalue weighted by Crippen LogP contribution is -2.23. The number of carbonyl (C=O) groups excluding carboxylic acids is 1. The van der Waals surface area contributed by atoms with Crippen LogP contribution in [0.3, 0.4) is 0 Å². The minimum atomic E-state index is -1.02. The fourth-order valence-corrected chi connectivity index (χ4v) is 2.13. The van der Waals surface area contributed by atoms with Crippen LogP contribution in [0.15, 0.2) is 18.3 Å². The van der Waals surface area contributed by atoms with Gasteiger partial charge in [0.05, 0.1) is 27.0 Å². The molecule has 0 radical (unpaired) electrons. The smallest absolute Gasteiger partial charge is 0.325 e. The zero-order chi connectivity index (χ0) is 17.7. The second-order valence-electron chi connectivity index (χ2n) is 4.99. The number of hydrogen-bond acceptors (Lipinski definition) is 6. The minimum absolute atomic E-state index is 0.122. The molecular weight excluding hydrogens is 316 g/mol. The SMILES string of the molecule is COc1cc(C(=O)NCc2cn(CC(=O)O)nn2)cc(OC)c1C. The van der Waals surface area contributed by atoms with Gasteiger partial charge in [0.1, 0.15) is 23.7 Å². The standard InChI is InChI=1S/C15H18N4O5/c1-9-12(23-2)4-10(5-13(9)24-3)15(22)16-6-11-7-19(18-17-11)8-14(20)21/h4-5,7H,6,8H2,1-3H3,(H,16,22)(H,20,21). The molecule has 1 heterocycles. The van der Waals surface area contributed by atoms with Crippen LogP contribution in [0, 0.1) is 6.92 Å². The van der Waals surface area contributed by atoms with E-state index in [4.69, 9.17) is 14.6 Å². The first kappa shape index (κ1) is 17.3. The van der Waals surface area contributed by atoms with Crippen LogP contribution in [0.4, 0.5) is 0 Å². The van der Waals surface area contributed by atoms with Gasteiger partial charge in [0.25, 0.3) is 5.91 Å². The highest BCUT2D eigenvalue weighted by molar-refractivity contribution is 5.95. The van der Waals surface area contributed by atoms with Crippen LogP contribution in [0.1, 0.15) is 21.6 Å². The van der Waals surface area contributed by atoms with Crippen LogP contribution in [-0.2, 0) is 17.9 Å². The van der Waals surface area contributed by atoms with Gasteiger partial charge >= 0.3 is 5.97 Å². The topological polar surface area (TPSA) is 116 Å². The molecule has 24 heavy (non-hydrogen) atoms. The van der Waals surface area contributed by atoms with Crippen molar-refractivity contribution in [3.8, 4) is 11.5 Å². The average molecular weight is 334 g/mol. The first-order valence-electron chi connectivity index (χ1n) is 7.06. The Morgan fingerprint density at radius 1 is 1.25 bits per heavy atom. The number of aromatic nitrogens is 3. The van der Waals surface area contributed by atoms with Crippen molar-refractivity contribution in [1.82, 2.24) is 20.3 Å². The Hall–Kier alpha value is -3.10. The Morgan fingerprint density at radius 3 is 2.42 bits per heavy atom. The molecule has 9 heteroatoms. The summed E-state index contributed by atoms with van der Waals surface area (Å²) >= 11 is 0. The van der Waals surface area contributed by atoms with Gasteiger partial charge in [-0.2, -0.15) is 0 Å². The number of carbonyl (C=O) groups is 2. The molecule has 9 nitrogen and oxygen atoms in total. The lowest BCUT2D eigenvalue weighted by molar-refractivity contribution is -0.137. The monoisotopic (exact) mass is 334 g/mol. The maximum atomic E-state index is 12.3. The molecule has 2 rings (SSSR count). The third-order valence-corrected chi connectivity index (χ3v) is 3.33. The van der Waals surface area contributed by atoms with Crippen molar-refractivity contribution < 1.29 is 24.2 Å². The van der Waals surface area contributed by atoms with Crippen LogP contribution in [0.25, 0.3) is 0 Å². The van der Waals surface area contributed by atoms with Gasteiger partial charge in [-0.25, -0.2) is 4.68 Å². The van der Waals surface area contributed by atoms with Crippen molar-refractivity contribution >= 4 is 11.9 Å².